The maximum Gasteiger partial charge on any atom is 0.343 e. The Kier molecular flexibility index (Phi) is 6.36. The van der Waals surface area contributed by atoms with Gasteiger partial charge in [-0.15, -0.1) is 0 Å². The molecule has 1 amide bonds. The number of ether oxygens (including phenoxy) is 1. The molecule has 4 fully saturated rings. The van der Waals surface area contributed by atoms with E-state index in [1.54, 1.807) is 17.6 Å². The van der Waals surface area contributed by atoms with Gasteiger partial charge in [-0.05, 0) is 93.5 Å². The predicted molar refractivity (Wildman–Crippen MR) is 166 cm³/mol. The average molecular weight is 587 g/mol. The Balaban J connectivity index is 1.14. The molecule has 9 nitrogen and oxygen atoms in total. The predicted octanol–water partition coefficient (Wildman–Crippen LogP) is 6.48. The molecule has 0 unspecified atom stereocenters. The fraction of sp³-hybridized carbons (Fsp3) is 0.343. The number of carbonyl (C=O) groups excluding carboxylic acids is 2. The van der Waals surface area contributed by atoms with E-state index < -0.39 is 5.97 Å². The molecule has 9 heteroatoms. The molecule has 4 aliphatic rings. The van der Waals surface area contributed by atoms with Crippen LogP contribution in [0.4, 0.5) is 5.69 Å². The van der Waals surface area contributed by atoms with Gasteiger partial charge in [-0.3, -0.25) is 4.79 Å². The summed E-state index contributed by atoms with van der Waals surface area (Å²) in [5.41, 5.74) is 5.48. The van der Waals surface area contributed by atoms with Crippen LogP contribution in [0.15, 0.2) is 79.3 Å². The number of nitrogens with zero attached hydrogens (tertiary/aromatic N) is 5. The first-order valence-corrected chi connectivity index (χ1v) is 15.6. The van der Waals surface area contributed by atoms with Gasteiger partial charge >= 0.3 is 5.97 Å². The summed E-state index contributed by atoms with van der Waals surface area (Å²) < 4.78 is 8.68. The SMILES string of the molecule is CCOC(=O)c1cnn2c(-c3cccc(NC(=O)c4cn(-c5ccccc5)nc4C45CC6CC(CC(C6)C4)C5)c3)ccnc12. The Bertz CT molecular complexity index is 1860. The van der Waals surface area contributed by atoms with Gasteiger partial charge in [0.25, 0.3) is 5.91 Å². The van der Waals surface area contributed by atoms with Gasteiger partial charge in [-0.2, -0.15) is 10.2 Å². The van der Waals surface area contributed by atoms with Gasteiger partial charge in [0.2, 0.25) is 0 Å². The van der Waals surface area contributed by atoms with Gasteiger partial charge in [0.1, 0.15) is 5.56 Å². The molecule has 3 heterocycles. The topological polar surface area (TPSA) is 103 Å². The van der Waals surface area contributed by atoms with Gasteiger partial charge in [-0.25, -0.2) is 19.0 Å². The number of para-hydroxylation sites is 1. The molecule has 0 saturated heterocycles. The van der Waals surface area contributed by atoms with Crippen molar-refractivity contribution in [1.82, 2.24) is 24.4 Å². The number of nitrogens with one attached hydrogen (secondary N) is 1. The van der Waals surface area contributed by atoms with Gasteiger partial charge in [-0.1, -0.05) is 30.3 Å². The standard InChI is InChI=1S/C35H34N6O3/c1-2-44-34(43)28-20-37-41-30(11-12-36-32(28)41)25-7-6-8-26(16-25)38-33(42)29-21-40(27-9-4-3-5-10-27)39-31(29)35-17-22-13-23(18-35)15-24(14-22)19-35/h3-12,16,20-24H,2,13-15,17-19H2,1H3,(H,38,42). The largest absolute Gasteiger partial charge is 0.462 e. The van der Waals surface area contributed by atoms with E-state index in [9.17, 15) is 9.59 Å². The maximum atomic E-state index is 14.1. The van der Waals surface area contributed by atoms with Crippen molar-refractivity contribution in [2.75, 3.05) is 11.9 Å². The Morgan fingerprint density at radius 2 is 1.70 bits per heavy atom. The normalized spacial score (nSPS) is 23.6. The summed E-state index contributed by atoms with van der Waals surface area (Å²) in [7, 11) is 0. The van der Waals surface area contributed by atoms with E-state index in [2.05, 4.69) is 15.4 Å². The number of aromatic nitrogens is 5. The molecule has 222 valence electrons. The first-order chi connectivity index (χ1) is 21.5. The Morgan fingerprint density at radius 1 is 0.955 bits per heavy atom. The van der Waals surface area contributed by atoms with Crippen molar-refractivity contribution < 1.29 is 14.3 Å². The molecule has 9 rings (SSSR count). The lowest BCUT2D eigenvalue weighted by molar-refractivity contribution is -0.00765. The van der Waals surface area contributed by atoms with Crippen LogP contribution in [0.1, 0.15) is 71.9 Å². The summed E-state index contributed by atoms with van der Waals surface area (Å²) in [6.07, 6.45) is 12.4. The number of fused-ring (bicyclic) bond motifs is 1. The molecule has 0 aliphatic heterocycles. The van der Waals surface area contributed by atoms with Crippen LogP contribution in [-0.2, 0) is 10.2 Å². The third-order valence-electron chi connectivity index (χ3n) is 9.83. The van der Waals surface area contributed by atoms with Gasteiger partial charge < -0.3 is 10.1 Å². The van der Waals surface area contributed by atoms with Crippen molar-refractivity contribution >= 4 is 23.2 Å². The van der Waals surface area contributed by atoms with Crippen molar-refractivity contribution in [3.05, 3.63) is 96.1 Å². The molecule has 2 aromatic carbocycles. The van der Waals surface area contributed by atoms with E-state index in [0.717, 1.165) is 59.7 Å². The van der Waals surface area contributed by atoms with E-state index in [0.29, 0.717) is 22.5 Å². The molecule has 0 atom stereocenters. The lowest BCUT2D eigenvalue weighted by Gasteiger charge is -2.56. The van der Waals surface area contributed by atoms with E-state index >= 15 is 0 Å². The molecule has 4 bridgehead atoms. The molecule has 0 spiro atoms. The zero-order valence-electron chi connectivity index (χ0n) is 24.6. The van der Waals surface area contributed by atoms with Crippen LogP contribution in [0.3, 0.4) is 0 Å². The Labute approximate surface area is 255 Å². The summed E-state index contributed by atoms with van der Waals surface area (Å²) in [6, 6.07) is 19.5. The highest BCUT2D eigenvalue weighted by Gasteiger charge is 2.54. The van der Waals surface area contributed by atoms with E-state index in [-0.39, 0.29) is 17.9 Å². The molecular formula is C35H34N6O3. The quantitative estimate of drug-likeness (QED) is 0.219. The third kappa shape index (κ3) is 4.49. The minimum Gasteiger partial charge on any atom is -0.462 e. The summed E-state index contributed by atoms with van der Waals surface area (Å²) in [4.78, 5) is 30.9. The minimum atomic E-state index is -0.459. The van der Waals surface area contributed by atoms with Crippen LogP contribution < -0.4 is 5.32 Å². The monoisotopic (exact) mass is 586 g/mol. The lowest BCUT2D eigenvalue weighted by atomic mass is 9.48. The number of rotatable bonds is 7. The van der Waals surface area contributed by atoms with Crippen LogP contribution in [0.5, 0.6) is 0 Å². The number of esters is 1. The summed E-state index contributed by atoms with van der Waals surface area (Å²) in [5, 5.41) is 12.8. The molecule has 4 aliphatic carbocycles. The van der Waals surface area contributed by atoms with Crippen LogP contribution >= 0.6 is 0 Å². The number of amides is 1. The second-order valence-corrected chi connectivity index (χ2v) is 12.7. The highest BCUT2D eigenvalue weighted by molar-refractivity contribution is 6.05. The van der Waals surface area contributed by atoms with Gasteiger partial charge in [0.15, 0.2) is 5.65 Å². The van der Waals surface area contributed by atoms with Crippen LogP contribution in [-0.4, -0.2) is 42.9 Å². The number of carbonyl (C=O) groups is 2. The minimum absolute atomic E-state index is 0.0390. The van der Waals surface area contributed by atoms with Crippen molar-refractivity contribution in [2.24, 2.45) is 17.8 Å². The molecule has 0 radical (unpaired) electrons. The molecule has 4 saturated carbocycles. The number of benzene rings is 2. The number of hydrogen-bond donors (Lipinski definition) is 1. The van der Waals surface area contributed by atoms with Gasteiger partial charge in [0.05, 0.1) is 35.4 Å². The van der Waals surface area contributed by atoms with Crippen LogP contribution in [0, 0.1) is 17.8 Å². The fourth-order valence-electron chi connectivity index (χ4n) is 8.46. The van der Waals surface area contributed by atoms with Crippen molar-refractivity contribution in [3.63, 3.8) is 0 Å². The lowest BCUT2D eigenvalue weighted by Crippen LogP contribution is -2.49. The van der Waals surface area contributed by atoms with Crippen LogP contribution in [0.25, 0.3) is 22.6 Å². The highest BCUT2D eigenvalue weighted by atomic mass is 16.5. The summed E-state index contributed by atoms with van der Waals surface area (Å²) >= 11 is 0. The van der Waals surface area contributed by atoms with Crippen molar-refractivity contribution in [3.8, 4) is 16.9 Å². The number of anilines is 1. The Hall–Kier alpha value is -4.79. The summed E-state index contributed by atoms with van der Waals surface area (Å²) in [5.74, 6) is 1.59. The number of hydrogen-bond acceptors (Lipinski definition) is 6. The fourth-order valence-corrected chi connectivity index (χ4v) is 8.46. The Morgan fingerprint density at radius 3 is 2.43 bits per heavy atom. The third-order valence-corrected chi connectivity index (χ3v) is 9.83. The highest BCUT2D eigenvalue weighted by Crippen LogP contribution is 2.61. The van der Waals surface area contributed by atoms with E-state index in [1.807, 2.05) is 71.5 Å². The molecule has 1 N–H and O–H groups in total. The average Bonchev–Trinajstić information content (AvgIpc) is 3.67. The van der Waals surface area contributed by atoms with Crippen molar-refractivity contribution in [2.45, 2.75) is 50.9 Å². The smallest absolute Gasteiger partial charge is 0.343 e. The van der Waals surface area contributed by atoms with Crippen molar-refractivity contribution in [1.29, 1.82) is 0 Å². The van der Waals surface area contributed by atoms with E-state index in [1.165, 1.54) is 25.5 Å². The first-order valence-electron chi connectivity index (χ1n) is 15.6. The van der Waals surface area contributed by atoms with Crippen LogP contribution in [0.2, 0.25) is 0 Å². The van der Waals surface area contributed by atoms with E-state index in [4.69, 9.17) is 9.84 Å². The second kappa shape index (κ2) is 10.4. The molecule has 3 aromatic heterocycles. The zero-order valence-corrected chi connectivity index (χ0v) is 24.6. The zero-order chi connectivity index (χ0) is 29.8. The molecular weight excluding hydrogens is 552 g/mol. The first kappa shape index (κ1) is 26.8. The molecule has 5 aromatic rings. The summed E-state index contributed by atoms with van der Waals surface area (Å²) in [6.45, 7) is 2.04. The maximum absolute atomic E-state index is 14.1. The van der Waals surface area contributed by atoms with Gasteiger partial charge in [0, 0.05) is 29.1 Å². The molecule has 44 heavy (non-hydrogen) atoms. The second-order valence-electron chi connectivity index (χ2n) is 12.7.